The molecule has 1 saturated heterocycles. The second-order valence-electron chi connectivity index (χ2n) is 6.07. The number of amides is 1. The first kappa shape index (κ1) is 16.0. The summed E-state index contributed by atoms with van der Waals surface area (Å²) in [5.74, 6) is 0.273. The van der Waals surface area contributed by atoms with Crippen LogP contribution in [0.15, 0.2) is 30.3 Å². The standard InChI is InChI=1S/C18H28N2O/c1-3-15(2)20(14-16-10-6-4-7-11-16)18(21)17-12-8-5-9-13-19-17/h4,6-7,10-11,15,17,19H,3,5,8-9,12-14H2,1-2H3. The molecule has 0 spiro atoms. The first-order chi connectivity index (χ1) is 10.2. The fourth-order valence-corrected chi connectivity index (χ4v) is 2.89. The highest BCUT2D eigenvalue weighted by atomic mass is 16.2. The number of hydrogen-bond acceptors (Lipinski definition) is 2. The maximum atomic E-state index is 12.9. The summed E-state index contributed by atoms with van der Waals surface area (Å²) >= 11 is 0. The van der Waals surface area contributed by atoms with Crippen molar-refractivity contribution in [1.29, 1.82) is 0 Å². The Hall–Kier alpha value is -1.35. The van der Waals surface area contributed by atoms with Crippen LogP contribution in [0.2, 0.25) is 0 Å². The molecule has 2 atom stereocenters. The number of benzene rings is 1. The van der Waals surface area contributed by atoms with Crippen LogP contribution in [-0.4, -0.2) is 29.4 Å². The third-order valence-electron chi connectivity index (χ3n) is 4.46. The van der Waals surface area contributed by atoms with E-state index in [0.29, 0.717) is 6.54 Å². The SMILES string of the molecule is CCC(C)N(Cc1ccccc1)C(=O)C1CCCCCN1. The third-order valence-corrected chi connectivity index (χ3v) is 4.46. The van der Waals surface area contributed by atoms with Gasteiger partial charge in [0.2, 0.25) is 5.91 Å². The molecule has 0 aromatic heterocycles. The number of nitrogens with zero attached hydrogens (tertiary/aromatic N) is 1. The van der Waals surface area contributed by atoms with E-state index >= 15 is 0 Å². The fraction of sp³-hybridized carbons (Fsp3) is 0.611. The molecule has 0 aliphatic carbocycles. The molecular formula is C18H28N2O. The molecule has 0 saturated carbocycles. The molecule has 116 valence electrons. The van der Waals surface area contributed by atoms with Gasteiger partial charge in [0, 0.05) is 12.6 Å². The second kappa shape index (κ2) is 8.18. The lowest BCUT2D eigenvalue weighted by molar-refractivity contribution is -0.136. The van der Waals surface area contributed by atoms with E-state index < -0.39 is 0 Å². The van der Waals surface area contributed by atoms with Crippen LogP contribution >= 0.6 is 0 Å². The van der Waals surface area contributed by atoms with E-state index in [1.54, 1.807) is 0 Å². The monoisotopic (exact) mass is 288 g/mol. The third kappa shape index (κ3) is 4.57. The minimum Gasteiger partial charge on any atom is -0.334 e. The molecule has 2 unspecified atom stereocenters. The molecule has 1 aromatic carbocycles. The first-order valence-electron chi connectivity index (χ1n) is 8.30. The van der Waals surface area contributed by atoms with Gasteiger partial charge in [-0.15, -0.1) is 0 Å². The maximum Gasteiger partial charge on any atom is 0.240 e. The number of nitrogens with one attached hydrogen (secondary N) is 1. The lowest BCUT2D eigenvalue weighted by Crippen LogP contribution is -2.49. The van der Waals surface area contributed by atoms with Crippen molar-refractivity contribution in [2.75, 3.05) is 6.54 Å². The summed E-state index contributed by atoms with van der Waals surface area (Å²) in [5.41, 5.74) is 1.21. The van der Waals surface area contributed by atoms with E-state index in [9.17, 15) is 4.79 Å². The maximum absolute atomic E-state index is 12.9. The molecular weight excluding hydrogens is 260 g/mol. The Bertz CT molecular complexity index is 424. The Morgan fingerprint density at radius 2 is 2.05 bits per heavy atom. The molecule has 1 N–H and O–H groups in total. The molecule has 3 nitrogen and oxygen atoms in total. The zero-order valence-corrected chi connectivity index (χ0v) is 13.3. The van der Waals surface area contributed by atoms with Gasteiger partial charge in [-0.3, -0.25) is 4.79 Å². The molecule has 1 aromatic rings. The van der Waals surface area contributed by atoms with Gasteiger partial charge in [0.15, 0.2) is 0 Å². The molecule has 0 bridgehead atoms. The Kier molecular flexibility index (Phi) is 6.24. The fourth-order valence-electron chi connectivity index (χ4n) is 2.89. The van der Waals surface area contributed by atoms with Crippen LogP contribution in [0.25, 0.3) is 0 Å². The first-order valence-corrected chi connectivity index (χ1v) is 8.30. The summed E-state index contributed by atoms with van der Waals surface area (Å²) in [6.07, 6.45) is 5.54. The van der Waals surface area contributed by atoms with Crippen molar-refractivity contribution in [3.8, 4) is 0 Å². The largest absolute Gasteiger partial charge is 0.334 e. The van der Waals surface area contributed by atoms with Gasteiger partial charge in [-0.25, -0.2) is 0 Å². The molecule has 1 aliphatic heterocycles. The Morgan fingerprint density at radius 1 is 1.29 bits per heavy atom. The summed E-state index contributed by atoms with van der Waals surface area (Å²) in [6.45, 7) is 5.98. The summed E-state index contributed by atoms with van der Waals surface area (Å²) in [4.78, 5) is 15.0. The van der Waals surface area contributed by atoms with E-state index in [1.807, 2.05) is 18.2 Å². The Morgan fingerprint density at radius 3 is 2.76 bits per heavy atom. The topological polar surface area (TPSA) is 32.3 Å². The Labute approximate surface area is 128 Å². The number of rotatable bonds is 5. The van der Waals surface area contributed by atoms with Gasteiger partial charge < -0.3 is 10.2 Å². The predicted octanol–water partition coefficient (Wildman–Crippen LogP) is 3.35. The molecule has 2 rings (SSSR count). The lowest BCUT2D eigenvalue weighted by Gasteiger charge is -2.32. The molecule has 0 radical (unpaired) electrons. The molecule has 1 aliphatic rings. The van der Waals surface area contributed by atoms with E-state index in [2.05, 4.69) is 36.2 Å². The van der Waals surface area contributed by atoms with Crippen LogP contribution in [0, 0.1) is 0 Å². The van der Waals surface area contributed by atoms with E-state index in [0.717, 1.165) is 25.8 Å². The van der Waals surface area contributed by atoms with Gasteiger partial charge in [-0.05, 0) is 38.3 Å². The summed E-state index contributed by atoms with van der Waals surface area (Å²) in [6, 6.07) is 10.6. The van der Waals surface area contributed by atoms with Crippen LogP contribution in [0.1, 0.15) is 51.5 Å². The number of carbonyl (C=O) groups is 1. The van der Waals surface area contributed by atoms with E-state index in [1.165, 1.54) is 18.4 Å². The van der Waals surface area contributed by atoms with Gasteiger partial charge in [-0.2, -0.15) is 0 Å². The van der Waals surface area contributed by atoms with Gasteiger partial charge in [0.05, 0.1) is 6.04 Å². The smallest absolute Gasteiger partial charge is 0.240 e. The molecule has 3 heteroatoms. The van der Waals surface area contributed by atoms with Crippen LogP contribution in [-0.2, 0) is 11.3 Å². The van der Waals surface area contributed by atoms with Crippen LogP contribution < -0.4 is 5.32 Å². The van der Waals surface area contributed by atoms with Crippen molar-refractivity contribution in [3.05, 3.63) is 35.9 Å². The zero-order chi connectivity index (χ0) is 15.1. The van der Waals surface area contributed by atoms with Crippen molar-refractivity contribution in [2.45, 2.75) is 64.6 Å². The highest BCUT2D eigenvalue weighted by Crippen LogP contribution is 2.16. The average molecular weight is 288 g/mol. The molecule has 21 heavy (non-hydrogen) atoms. The molecule has 1 fully saturated rings. The van der Waals surface area contributed by atoms with Crippen molar-refractivity contribution < 1.29 is 4.79 Å². The Balaban J connectivity index is 2.09. The summed E-state index contributed by atoms with van der Waals surface area (Å²) < 4.78 is 0. The molecule has 1 amide bonds. The van der Waals surface area contributed by atoms with Gasteiger partial charge in [0.1, 0.15) is 0 Å². The average Bonchev–Trinajstić information content (AvgIpc) is 2.81. The van der Waals surface area contributed by atoms with Gasteiger partial charge in [0.25, 0.3) is 0 Å². The van der Waals surface area contributed by atoms with Crippen LogP contribution in [0.3, 0.4) is 0 Å². The molecule has 1 heterocycles. The quantitative estimate of drug-likeness (QED) is 0.901. The van der Waals surface area contributed by atoms with Crippen molar-refractivity contribution in [1.82, 2.24) is 10.2 Å². The lowest BCUT2D eigenvalue weighted by atomic mass is 10.1. The highest BCUT2D eigenvalue weighted by Gasteiger charge is 2.27. The van der Waals surface area contributed by atoms with Crippen molar-refractivity contribution in [2.24, 2.45) is 0 Å². The van der Waals surface area contributed by atoms with Crippen LogP contribution in [0.4, 0.5) is 0 Å². The normalized spacial score (nSPS) is 20.6. The van der Waals surface area contributed by atoms with E-state index in [4.69, 9.17) is 0 Å². The van der Waals surface area contributed by atoms with Crippen molar-refractivity contribution in [3.63, 3.8) is 0 Å². The second-order valence-corrected chi connectivity index (χ2v) is 6.07. The van der Waals surface area contributed by atoms with Crippen LogP contribution in [0.5, 0.6) is 0 Å². The summed E-state index contributed by atoms with van der Waals surface area (Å²) in [5, 5.41) is 3.44. The number of carbonyl (C=O) groups excluding carboxylic acids is 1. The van der Waals surface area contributed by atoms with E-state index in [-0.39, 0.29) is 18.0 Å². The van der Waals surface area contributed by atoms with Crippen molar-refractivity contribution >= 4 is 5.91 Å². The van der Waals surface area contributed by atoms with Gasteiger partial charge in [-0.1, -0.05) is 50.1 Å². The van der Waals surface area contributed by atoms with Gasteiger partial charge >= 0.3 is 0 Å². The minimum atomic E-state index is 0.00483. The minimum absolute atomic E-state index is 0.00483. The zero-order valence-electron chi connectivity index (χ0n) is 13.3. The highest BCUT2D eigenvalue weighted by molar-refractivity contribution is 5.82. The number of hydrogen-bond donors (Lipinski definition) is 1. The summed E-state index contributed by atoms with van der Waals surface area (Å²) in [7, 11) is 0. The predicted molar refractivity (Wildman–Crippen MR) is 87.0 cm³/mol.